The molecule has 0 aliphatic carbocycles. The molecule has 8 nitrogen and oxygen atoms in total. The molecule has 0 saturated heterocycles. The van der Waals surface area contributed by atoms with Crippen LogP contribution in [0.3, 0.4) is 0 Å². The number of amides is 1. The van der Waals surface area contributed by atoms with Gasteiger partial charge in [-0.1, -0.05) is 24.3 Å². The summed E-state index contributed by atoms with van der Waals surface area (Å²) in [6.07, 6.45) is -1.01. The number of para-hydroxylation sites is 2. The average molecular weight is 341 g/mol. The number of methoxy groups -OCH3 is 1. The van der Waals surface area contributed by atoms with Crippen molar-refractivity contribution in [2.75, 3.05) is 7.11 Å². The Balaban J connectivity index is 2.04. The third kappa shape index (κ3) is 3.01. The highest BCUT2D eigenvalue weighted by Crippen LogP contribution is 2.36. The summed E-state index contributed by atoms with van der Waals surface area (Å²) in [5.41, 5.74) is 0.656. The lowest BCUT2D eigenvalue weighted by Crippen LogP contribution is -2.25. The predicted molar refractivity (Wildman–Crippen MR) is 89.0 cm³/mol. The quantitative estimate of drug-likeness (QED) is 0.629. The first-order chi connectivity index (χ1) is 12.0. The number of hydrogen-bond donors (Lipinski definition) is 0. The van der Waals surface area contributed by atoms with Crippen LogP contribution in [0.15, 0.2) is 53.6 Å². The summed E-state index contributed by atoms with van der Waals surface area (Å²) in [6.45, 7) is 1.32. The molecule has 0 bridgehead atoms. The standard InChI is InChI=1S/C17H15N3O5/c1-11(21)19-17(12-7-3-5-9-14(12)20(22)23)25-16(18-19)13-8-4-6-10-15(13)24-2/h3-10,17H,1-2H3/t17-/m0/s1. The second-order valence-electron chi connectivity index (χ2n) is 5.26. The highest BCUT2D eigenvalue weighted by molar-refractivity contribution is 5.98. The van der Waals surface area contributed by atoms with Crippen molar-refractivity contribution in [2.24, 2.45) is 5.10 Å². The molecule has 1 heterocycles. The number of hydrazone groups is 1. The second-order valence-corrected chi connectivity index (χ2v) is 5.26. The molecule has 25 heavy (non-hydrogen) atoms. The van der Waals surface area contributed by atoms with Gasteiger partial charge in [0.15, 0.2) is 0 Å². The molecule has 0 unspecified atom stereocenters. The van der Waals surface area contributed by atoms with Crippen molar-refractivity contribution in [1.82, 2.24) is 5.01 Å². The van der Waals surface area contributed by atoms with E-state index in [0.717, 1.165) is 5.01 Å². The van der Waals surface area contributed by atoms with Crippen LogP contribution in [-0.2, 0) is 9.53 Å². The largest absolute Gasteiger partial charge is 0.496 e. The van der Waals surface area contributed by atoms with Crippen LogP contribution in [0.2, 0.25) is 0 Å². The lowest BCUT2D eigenvalue weighted by Gasteiger charge is -2.19. The van der Waals surface area contributed by atoms with E-state index < -0.39 is 17.1 Å². The van der Waals surface area contributed by atoms with E-state index in [4.69, 9.17) is 9.47 Å². The highest BCUT2D eigenvalue weighted by atomic mass is 16.6. The molecule has 0 fully saturated rings. The average Bonchev–Trinajstić information content (AvgIpc) is 3.07. The molecule has 2 aromatic rings. The maximum absolute atomic E-state index is 12.0. The van der Waals surface area contributed by atoms with Gasteiger partial charge in [0, 0.05) is 13.0 Å². The normalized spacial score (nSPS) is 16.2. The molecule has 0 spiro atoms. The Morgan fingerprint density at radius 1 is 1.24 bits per heavy atom. The fourth-order valence-electron chi connectivity index (χ4n) is 2.56. The number of carbonyl (C=O) groups excluding carboxylic acids is 1. The Kier molecular flexibility index (Phi) is 4.34. The maximum atomic E-state index is 12.0. The van der Waals surface area contributed by atoms with Gasteiger partial charge in [0.05, 0.1) is 23.2 Å². The molecule has 8 heteroatoms. The Labute approximate surface area is 143 Å². The second kappa shape index (κ2) is 6.60. The van der Waals surface area contributed by atoms with E-state index in [9.17, 15) is 14.9 Å². The number of nitro benzene ring substituents is 1. The summed E-state index contributed by atoms with van der Waals surface area (Å²) >= 11 is 0. The molecule has 0 aromatic heterocycles. The van der Waals surface area contributed by atoms with Crippen molar-refractivity contribution in [3.8, 4) is 5.75 Å². The number of benzene rings is 2. The van der Waals surface area contributed by atoms with Crippen LogP contribution in [0, 0.1) is 10.1 Å². The minimum absolute atomic E-state index is 0.143. The molecule has 2 aromatic carbocycles. The van der Waals surface area contributed by atoms with Gasteiger partial charge in [-0.25, -0.2) is 0 Å². The molecule has 0 N–H and O–H groups in total. The zero-order valence-corrected chi connectivity index (χ0v) is 13.6. The van der Waals surface area contributed by atoms with Gasteiger partial charge >= 0.3 is 0 Å². The van der Waals surface area contributed by atoms with E-state index in [2.05, 4.69) is 5.10 Å². The van der Waals surface area contributed by atoms with E-state index >= 15 is 0 Å². The molecule has 128 valence electrons. The van der Waals surface area contributed by atoms with Gasteiger partial charge in [0.2, 0.25) is 18.0 Å². The molecule has 1 atom stereocenters. The third-order valence-corrected chi connectivity index (χ3v) is 3.70. The van der Waals surface area contributed by atoms with Crippen molar-refractivity contribution < 1.29 is 19.2 Å². The van der Waals surface area contributed by atoms with Crippen molar-refractivity contribution >= 4 is 17.5 Å². The van der Waals surface area contributed by atoms with Crippen LogP contribution < -0.4 is 4.74 Å². The first kappa shape index (κ1) is 16.4. The Bertz CT molecular complexity index is 865. The van der Waals surface area contributed by atoms with Crippen LogP contribution in [0.5, 0.6) is 5.75 Å². The van der Waals surface area contributed by atoms with Crippen LogP contribution >= 0.6 is 0 Å². The van der Waals surface area contributed by atoms with Crippen LogP contribution in [0.1, 0.15) is 24.3 Å². The molecule has 1 aliphatic heterocycles. The highest BCUT2D eigenvalue weighted by Gasteiger charge is 2.37. The predicted octanol–water partition coefficient (Wildman–Crippen LogP) is 2.84. The van der Waals surface area contributed by atoms with Crippen LogP contribution in [0.4, 0.5) is 5.69 Å². The lowest BCUT2D eigenvalue weighted by atomic mass is 10.1. The molecular weight excluding hydrogens is 326 g/mol. The molecule has 0 radical (unpaired) electrons. The van der Waals surface area contributed by atoms with Gasteiger partial charge in [0.25, 0.3) is 5.69 Å². The third-order valence-electron chi connectivity index (χ3n) is 3.70. The number of hydrogen-bond acceptors (Lipinski definition) is 6. The summed E-state index contributed by atoms with van der Waals surface area (Å²) in [6, 6.07) is 13.1. The lowest BCUT2D eigenvalue weighted by molar-refractivity contribution is -0.386. The summed E-state index contributed by atoms with van der Waals surface area (Å²) in [7, 11) is 1.51. The van der Waals surface area contributed by atoms with Crippen LogP contribution in [0.25, 0.3) is 0 Å². The summed E-state index contributed by atoms with van der Waals surface area (Å²) in [4.78, 5) is 22.8. The smallest absolute Gasteiger partial charge is 0.278 e. The molecular formula is C17H15N3O5. The first-order valence-corrected chi connectivity index (χ1v) is 7.44. The van der Waals surface area contributed by atoms with Gasteiger partial charge < -0.3 is 9.47 Å². The summed E-state index contributed by atoms with van der Waals surface area (Å²) in [5, 5.41) is 16.6. The van der Waals surface area contributed by atoms with Gasteiger partial charge in [-0.15, -0.1) is 5.10 Å². The molecule has 1 aliphatic rings. The number of rotatable bonds is 4. The number of carbonyl (C=O) groups is 1. The Morgan fingerprint density at radius 2 is 1.92 bits per heavy atom. The SMILES string of the molecule is COc1ccccc1C1=NN(C(C)=O)[C@H](c2ccccc2[N+](=O)[O-])O1. The van der Waals surface area contributed by atoms with Gasteiger partial charge in [0.1, 0.15) is 5.75 Å². The van der Waals surface area contributed by atoms with Crippen molar-refractivity contribution in [3.05, 3.63) is 69.8 Å². The Morgan fingerprint density at radius 3 is 2.60 bits per heavy atom. The van der Waals surface area contributed by atoms with Crippen LogP contribution in [-0.4, -0.2) is 28.8 Å². The minimum Gasteiger partial charge on any atom is -0.496 e. The molecule has 3 rings (SSSR count). The summed E-state index contributed by atoms with van der Waals surface area (Å²) in [5.74, 6) is 0.289. The molecule has 0 saturated carbocycles. The van der Waals surface area contributed by atoms with Crippen molar-refractivity contribution in [1.29, 1.82) is 0 Å². The minimum atomic E-state index is -1.01. The van der Waals surface area contributed by atoms with Gasteiger partial charge in [-0.2, -0.15) is 5.01 Å². The topological polar surface area (TPSA) is 94.3 Å². The van der Waals surface area contributed by atoms with Crippen molar-refractivity contribution in [2.45, 2.75) is 13.2 Å². The van der Waals surface area contributed by atoms with Crippen molar-refractivity contribution in [3.63, 3.8) is 0 Å². The molecule has 1 amide bonds. The zero-order chi connectivity index (χ0) is 18.0. The maximum Gasteiger partial charge on any atom is 0.278 e. The van der Waals surface area contributed by atoms with Gasteiger partial charge in [-0.05, 0) is 18.2 Å². The fraction of sp³-hybridized carbons (Fsp3) is 0.176. The fourth-order valence-corrected chi connectivity index (χ4v) is 2.56. The van der Waals surface area contributed by atoms with Gasteiger partial charge in [-0.3, -0.25) is 14.9 Å². The number of ether oxygens (including phenoxy) is 2. The first-order valence-electron chi connectivity index (χ1n) is 7.44. The summed E-state index contributed by atoms with van der Waals surface area (Å²) < 4.78 is 11.1. The number of nitrogens with zero attached hydrogens (tertiary/aromatic N) is 3. The van der Waals surface area contributed by atoms with E-state index in [1.807, 2.05) is 0 Å². The van der Waals surface area contributed by atoms with E-state index in [0.29, 0.717) is 11.3 Å². The monoisotopic (exact) mass is 341 g/mol. The van der Waals surface area contributed by atoms with E-state index in [1.165, 1.54) is 20.1 Å². The zero-order valence-electron chi connectivity index (χ0n) is 13.6. The number of nitro groups is 1. The Hall–Kier alpha value is -3.42. The van der Waals surface area contributed by atoms with E-state index in [-0.39, 0.29) is 17.1 Å². The van der Waals surface area contributed by atoms with E-state index in [1.54, 1.807) is 42.5 Å².